The van der Waals surface area contributed by atoms with E-state index in [4.69, 9.17) is 9.47 Å². The molecule has 0 fully saturated rings. The molecule has 3 aromatic carbocycles. The van der Waals surface area contributed by atoms with Crippen LogP contribution in [0.15, 0.2) is 60.7 Å². The van der Waals surface area contributed by atoms with Crippen molar-refractivity contribution in [3.8, 4) is 23.0 Å². The van der Waals surface area contributed by atoms with Crippen LogP contribution >= 0.6 is 0 Å². The molecule has 3 rings (SSSR count). The monoisotopic (exact) mass is 468 g/mol. The number of phenols is 4. The van der Waals surface area contributed by atoms with E-state index in [1.165, 1.54) is 24.3 Å². The van der Waals surface area contributed by atoms with Gasteiger partial charge in [0.15, 0.2) is 23.0 Å². The van der Waals surface area contributed by atoms with Gasteiger partial charge in [0.2, 0.25) is 0 Å². The predicted molar refractivity (Wildman–Crippen MR) is 123 cm³/mol. The number of hydrogen-bond acceptors (Lipinski definition) is 8. The summed E-state index contributed by atoms with van der Waals surface area (Å²) in [6.07, 6.45) is -0.605. The van der Waals surface area contributed by atoms with Crippen molar-refractivity contribution >= 4 is 23.6 Å². The highest BCUT2D eigenvalue weighted by Gasteiger charge is 2.08. The molecular formula is C24H24N2O8. The quantitative estimate of drug-likeness (QED) is 0.270. The number of phenolic OH excluding ortho intramolecular Hbond substituents is 4. The largest absolute Gasteiger partial charge is 0.504 e. The fraction of sp³-hybridized carbons (Fsp3) is 0.167. The van der Waals surface area contributed by atoms with E-state index in [-0.39, 0.29) is 36.2 Å². The van der Waals surface area contributed by atoms with E-state index >= 15 is 0 Å². The number of rotatable bonds is 8. The summed E-state index contributed by atoms with van der Waals surface area (Å²) in [5, 5.41) is 42.6. The van der Waals surface area contributed by atoms with Crippen LogP contribution in [-0.2, 0) is 22.3 Å². The zero-order valence-corrected chi connectivity index (χ0v) is 18.0. The van der Waals surface area contributed by atoms with Gasteiger partial charge < -0.3 is 29.9 Å². The van der Waals surface area contributed by atoms with Crippen LogP contribution in [-0.4, -0.2) is 45.8 Å². The van der Waals surface area contributed by atoms with Crippen LogP contribution < -0.4 is 10.6 Å². The smallest absolute Gasteiger partial charge is 0.411 e. The van der Waals surface area contributed by atoms with Crippen molar-refractivity contribution < 1.29 is 39.5 Å². The summed E-state index contributed by atoms with van der Waals surface area (Å²) in [4.78, 5) is 23.8. The molecule has 6 N–H and O–H groups in total. The predicted octanol–water partition coefficient (Wildman–Crippen LogP) is 4.09. The van der Waals surface area contributed by atoms with Crippen LogP contribution in [0.5, 0.6) is 23.0 Å². The molecule has 10 nitrogen and oxygen atoms in total. The van der Waals surface area contributed by atoms with Crippen molar-refractivity contribution in [3.05, 3.63) is 71.8 Å². The lowest BCUT2D eigenvalue weighted by Crippen LogP contribution is -2.16. The van der Waals surface area contributed by atoms with Crippen LogP contribution in [0.25, 0.3) is 0 Å². The maximum Gasteiger partial charge on any atom is 0.411 e. The highest BCUT2D eigenvalue weighted by molar-refractivity contribution is 5.87. The molecule has 3 aromatic rings. The third kappa shape index (κ3) is 7.23. The molecule has 0 aliphatic heterocycles. The maximum absolute atomic E-state index is 11.9. The summed E-state index contributed by atoms with van der Waals surface area (Å²) in [6, 6.07) is 15.0. The SMILES string of the molecule is O=C(Nc1ccc(NC(=O)OCCc2ccc(O)c(O)c2)cc1)OCCc1ccc(O)c(O)c1. The summed E-state index contributed by atoms with van der Waals surface area (Å²) in [6.45, 7) is 0.149. The number of carbonyl (C=O) groups excluding carboxylic acids is 2. The summed E-state index contributed by atoms with van der Waals surface area (Å²) in [7, 11) is 0. The first-order valence-electron chi connectivity index (χ1n) is 10.3. The minimum atomic E-state index is -0.664. The van der Waals surface area contributed by atoms with Crippen molar-refractivity contribution in [2.24, 2.45) is 0 Å². The van der Waals surface area contributed by atoms with Gasteiger partial charge in [-0.2, -0.15) is 0 Å². The molecule has 34 heavy (non-hydrogen) atoms. The van der Waals surface area contributed by atoms with E-state index in [1.54, 1.807) is 36.4 Å². The number of ether oxygens (including phenoxy) is 2. The van der Waals surface area contributed by atoms with Crippen molar-refractivity contribution in [1.82, 2.24) is 0 Å². The van der Waals surface area contributed by atoms with Crippen molar-refractivity contribution in [3.63, 3.8) is 0 Å². The van der Waals surface area contributed by atoms with Gasteiger partial charge in [0.05, 0.1) is 13.2 Å². The number of anilines is 2. The summed E-state index contributed by atoms with van der Waals surface area (Å²) >= 11 is 0. The third-order valence-electron chi connectivity index (χ3n) is 4.71. The minimum absolute atomic E-state index is 0.0747. The molecule has 0 unspecified atom stereocenters. The molecule has 0 bridgehead atoms. The molecule has 178 valence electrons. The molecule has 0 aromatic heterocycles. The fourth-order valence-electron chi connectivity index (χ4n) is 2.92. The number of aromatic hydroxyl groups is 4. The average molecular weight is 468 g/mol. The molecule has 0 aliphatic rings. The summed E-state index contributed by atoms with van der Waals surface area (Å²) in [5.74, 6) is -0.915. The van der Waals surface area contributed by atoms with Crippen LogP contribution in [0.1, 0.15) is 11.1 Å². The van der Waals surface area contributed by atoms with E-state index in [1.807, 2.05) is 0 Å². The number of benzene rings is 3. The minimum Gasteiger partial charge on any atom is -0.504 e. The Kier molecular flexibility index (Phi) is 8.01. The first kappa shape index (κ1) is 24.1. The molecule has 0 spiro atoms. The Morgan fingerprint density at radius 3 is 1.32 bits per heavy atom. The molecule has 0 radical (unpaired) electrons. The summed E-state index contributed by atoms with van der Waals surface area (Å²) < 4.78 is 10.2. The van der Waals surface area contributed by atoms with Gasteiger partial charge in [-0.25, -0.2) is 9.59 Å². The maximum atomic E-state index is 11.9. The number of amides is 2. The molecule has 0 heterocycles. The Bertz CT molecular complexity index is 1060. The van der Waals surface area contributed by atoms with Crippen molar-refractivity contribution in [2.75, 3.05) is 23.8 Å². The molecule has 10 heteroatoms. The lowest BCUT2D eigenvalue weighted by molar-refractivity contribution is 0.162. The Morgan fingerprint density at radius 1 is 0.588 bits per heavy atom. The molecular weight excluding hydrogens is 444 g/mol. The lowest BCUT2D eigenvalue weighted by Gasteiger charge is -2.10. The number of hydrogen-bond donors (Lipinski definition) is 6. The first-order chi connectivity index (χ1) is 16.3. The van der Waals surface area contributed by atoms with Gasteiger partial charge >= 0.3 is 12.2 Å². The molecule has 0 atom stereocenters. The third-order valence-corrected chi connectivity index (χ3v) is 4.71. The first-order valence-corrected chi connectivity index (χ1v) is 10.3. The topological polar surface area (TPSA) is 158 Å². The second-order valence-electron chi connectivity index (χ2n) is 7.25. The van der Waals surface area contributed by atoms with E-state index in [0.29, 0.717) is 35.3 Å². The zero-order valence-electron chi connectivity index (χ0n) is 18.0. The Morgan fingerprint density at radius 2 is 0.971 bits per heavy atom. The second-order valence-corrected chi connectivity index (χ2v) is 7.25. The van der Waals surface area contributed by atoms with E-state index < -0.39 is 12.2 Å². The summed E-state index contributed by atoms with van der Waals surface area (Å²) in [5.41, 5.74) is 2.31. The van der Waals surface area contributed by atoms with Gasteiger partial charge in [0.25, 0.3) is 0 Å². The lowest BCUT2D eigenvalue weighted by atomic mass is 10.1. The molecule has 0 aliphatic carbocycles. The fourth-order valence-corrected chi connectivity index (χ4v) is 2.92. The van der Waals surface area contributed by atoms with Crippen molar-refractivity contribution in [1.29, 1.82) is 0 Å². The van der Waals surface area contributed by atoms with Gasteiger partial charge in [0.1, 0.15) is 0 Å². The van der Waals surface area contributed by atoms with Gasteiger partial charge in [-0.15, -0.1) is 0 Å². The van der Waals surface area contributed by atoms with Gasteiger partial charge in [-0.1, -0.05) is 12.1 Å². The number of nitrogens with one attached hydrogen (secondary N) is 2. The number of carbonyl (C=O) groups is 2. The standard InChI is InChI=1S/C24H24N2O8/c27-19-7-1-15(13-21(19)29)9-11-33-23(31)25-17-3-5-18(6-4-17)26-24(32)34-12-10-16-2-8-20(28)22(30)14-16/h1-8,13-14,27-30H,9-12H2,(H,25,31)(H,26,32). The van der Waals surface area contributed by atoms with Crippen molar-refractivity contribution in [2.45, 2.75) is 12.8 Å². The molecule has 2 amide bonds. The van der Waals surface area contributed by atoms with Gasteiger partial charge in [-0.05, 0) is 59.7 Å². The van der Waals surface area contributed by atoms with Crippen LogP contribution in [0.4, 0.5) is 21.0 Å². The van der Waals surface area contributed by atoms with E-state index in [9.17, 15) is 30.0 Å². The van der Waals surface area contributed by atoms with Gasteiger partial charge in [-0.3, -0.25) is 10.6 Å². The molecule has 0 saturated carbocycles. The Hall–Kier alpha value is -4.60. The second kappa shape index (κ2) is 11.3. The van der Waals surface area contributed by atoms with Gasteiger partial charge in [0, 0.05) is 24.2 Å². The Labute approximate surface area is 195 Å². The van der Waals surface area contributed by atoms with Crippen LogP contribution in [0, 0.1) is 0 Å². The average Bonchev–Trinajstić information content (AvgIpc) is 2.80. The zero-order chi connectivity index (χ0) is 24.5. The normalized spacial score (nSPS) is 10.4. The Balaban J connectivity index is 1.37. The van der Waals surface area contributed by atoms with E-state index in [0.717, 1.165) is 0 Å². The highest BCUT2D eigenvalue weighted by Crippen LogP contribution is 2.26. The van der Waals surface area contributed by atoms with E-state index in [2.05, 4.69) is 10.6 Å². The highest BCUT2D eigenvalue weighted by atomic mass is 16.6. The molecule has 0 saturated heterocycles. The van der Waals surface area contributed by atoms with Crippen LogP contribution in [0.3, 0.4) is 0 Å². The van der Waals surface area contributed by atoms with Crippen LogP contribution in [0.2, 0.25) is 0 Å².